The number of unbranched alkanes of at least 4 members (excludes halogenated alkanes) is 6. The number of fused-ring (bicyclic) bond motifs is 5. The third kappa shape index (κ3) is 50.5. The maximum absolute atomic E-state index is 6.07. The molecule has 0 aliphatic heterocycles. The number of nitrogens with one attached hydrogen (secondary N) is 5. The van der Waals surface area contributed by atoms with Gasteiger partial charge in [-0.05, 0) is 388 Å². The number of rotatable bonds is 65. The van der Waals surface area contributed by atoms with Gasteiger partial charge in [-0.25, -0.2) is 0 Å². The number of pyridine rings is 5. The fourth-order valence-electron chi connectivity index (χ4n) is 17.3. The molecular formula is C114H191Cl5N20. The summed E-state index contributed by atoms with van der Waals surface area (Å²) >= 11 is 30.3. The second-order valence-electron chi connectivity index (χ2n) is 34.8. The van der Waals surface area contributed by atoms with Crippen molar-refractivity contribution in [1.29, 1.82) is 0 Å². The van der Waals surface area contributed by atoms with Gasteiger partial charge in [0.05, 0.1) is 27.6 Å². The van der Waals surface area contributed by atoms with Crippen LogP contribution in [0.5, 0.6) is 0 Å². The largest absolute Gasteiger partial charge is 0.384 e. The molecule has 0 saturated carbocycles. The quantitative estimate of drug-likeness (QED) is 0.0229. The van der Waals surface area contributed by atoms with Crippen LogP contribution in [0.25, 0.3) is 54.5 Å². The summed E-state index contributed by atoms with van der Waals surface area (Å²) in [6.07, 6.45) is 27.8. The Balaban J connectivity index is 0.000000584. The van der Waals surface area contributed by atoms with E-state index in [9.17, 15) is 0 Å². The molecule has 5 aromatic heterocycles. The molecule has 0 fully saturated rings. The molecule has 10 aromatic rings. The van der Waals surface area contributed by atoms with Gasteiger partial charge in [-0.3, -0.25) is 24.9 Å². The lowest BCUT2D eigenvalue weighted by molar-refractivity contribution is 0.240. The minimum absolute atomic E-state index is 0. The van der Waals surface area contributed by atoms with Gasteiger partial charge in [-0.2, -0.15) is 0 Å². The molecule has 0 aliphatic carbocycles. The Bertz CT molecular complexity index is 4720. The highest BCUT2D eigenvalue weighted by Crippen LogP contribution is 2.30. The zero-order valence-corrected chi connectivity index (χ0v) is 89.7. The van der Waals surface area contributed by atoms with Crippen LogP contribution in [0.4, 0.5) is 28.4 Å². The first-order valence-electron chi connectivity index (χ1n) is 52.0. The fourth-order valence-corrected chi connectivity index (χ4v) is 18.1. The van der Waals surface area contributed by atoms with Gasteiger partial charge in [0, 0.05) is 151 Å². The van der Waals surface area contributed by atoms with Gasteiger partial charge < -0.3 is 75.6 Å². The summed E-state index contributed by atoms with van der Waals surface area (Å²) in [4.78, 5) is 47.4. The Morgan fingerprint density at radius 2 is 0.345 bits per heavy atom. The van der Waals surface area contributed by atoms with Crippen molar-refractivity contribution in [2.24, 2.45) is 0 Å². The highest BCUT2D eigenvalue weighted by atomic mass is 35.5. The Morgan fingerprint density at radius 1 is 0.180 bits per heavy atom. The third-order valence-corrected chi connectivity index (χ3v) is 27.3. The number of halogens is 5. The zero-order valence-electron chi connectivity index (χ0n) is 85.9. The molecule has 782 valence electrons. The van der Waals surface area contributed by atoms with E-state index < -0.39 is 0 Å². The van der Waals surface area contributed by atoms with E-state index in [1.54, 1.807) is 0 Å². The van der Waals surface area contributed by atoms with Gasteiger partial charge in [0.25, 0.3) is 0 Å². The first-order valence-corrected chi connectivity index (χ1v) is 53.9. The predicted molar refractivity (Wildman–Crippen MR) is 622 cm³/mol. The van der Waals surface area contributed by atoms with Crippen LogP contribution in [0, 0.1) is 0 Å². The molecule has 0 bridgehead atoms. The van der Waals surface area contributed by atoms with Crippen LogP contribution < -0.4 is 26.6 Å². The van der Waals surface area contributed by atoms with E-state index in [2.05, 4.69) is 204 Å². The minimum Gasteiger partial charge on any atom is -0.384 e. The fraction of sp³-hybridized carbons (Fsp3) is 0.605. The van der Waals surface area contributed by atoms with Gasteiger partial charge in [0.2, 0.25) is 0 Å². The molecule has 5 aromatic carbocycles. The van der Waals surface area contributed by atoms with Crippen LogP contribution in [-0.2, 0) is 0 Å². The van der Waals surface area contributed by atoms with Crippen molar-refractivity contribution < 1.29 is 0 Å². The van der Waals surface area contributed by atoms with E-state index in [1.165, 1.54) is 188 Å². The number of anilines is 5. The van der Waals surface area contributed by atoms with Crippen LogP contribution in [-0.4, -0.2) is 303 Å². The van der Waals surface area contributed by atoms with E-state index in [1.807, 2.05) is 152 Å². The number of hydrogen-bond donors (Lipinski definition) is 5. The van der Waals surface area contributed by atoms with Gasteiger partial charge in [-0.15, -0.1) is 0 Å². The molecule has 0 spiro atoms. The summed E-state index contributed by atoms with van der Waals surface area (Å²) in [5, 5.41) is 27.1. The summed E-state index contributed by atoms with van der Waals surface area (Å²) in [7, 11) is 0. The summed E-state index contributed by atoms with van der Waals surface area (Å²) in [5.41, 5.74) is 10.4. The molecule has 5 N–H and O–H groups in total. The van der Waals surface area contributed by atoms with Gasteiger partial charge >= 0.3 is 0 Å². The van der Waals surface area contributed by atoms with Gasteiger partial charge in [0.1, 0.15) is 0 Å². The maximum atomic E-state index is 6.07. The summed E-state index contributed by atoms with van der Waals surface area (Å²) in [6, 6.07) is 39.6. The summed E-state index contributed by atoms with van der Waals surface area (Å²) in [6.45, 7) is 73.7. The molecule has 20 nitrogen and oxygen atoms in total. The Kier molecular flexibility index (Phi) is 72.5. The maximum Gasteiger partial charge on any atom is 0.0737 e. The second kappa shape index (κ2) is 78.6. The molecule has 0 aliphatic rings. The Labute approximate surface area is 871 Å². The Morgan fingerprint density at radius 3 is 0.576 bits per heavy atom. The van der Waals surface area contributed by atoms with Crippen LogP contribution in [0.1, 0.15) is 230 Å². The molecule has 0 saturated heterocycles. The smallest absolute Gasteiger partial charge is 0.0737 e. The van der Waals surface area contributed by atoms with Crippen molar-refractivity contribution >= 4 is 141 Å². The van der Waals surface area contributed by atoms with E-state index in [4.69, 9.17) is 58.0 Å². The predicted octanol–water partition coefficient (Wildman–Crippen LogP) is 28.2. The molecule has 0 unspecified atom stereocenters. The van der Waals surface area contributed by atoms with Crippen molar-refractivity contribution in [1.82, 2.24) is 73.9 Å². The normalized spacial score (nSPS) is 11.3. The molecular weight excluding hydrogens is 1830 g/mol. The lowest BCUT2D eigenvalue weighted by Crippen LogP contribution is -2.33. The number of hydrogen-bond acceptors (Lipinski definition) is 20. The first-order chi connectivity index (χ1) is 65.9. The van der Waals surface area contributed by atoms with Crippen molar-refractivity contribution in [2.75, 3.05) is 256 Å². The molecule has 139 heavy (non-hydrogen) atoms. The van der Waals surface area contributed by atoms with Crippen LogP contribution in [0.3, 0.4) is 0 Å². The third-order valence-electron chi connectivity index (χ3n) is 26.1. The van der Waals surface area contributed by atoms with Crippen molar-refractivity contribution in [3.63, 3.8) is 0 Å². The topological polar surface area (TPSA) is 157 Å². The molecule has 25 heteroatoms. The van der Waals surface area contributed by atoms with E-state index >= 15 is 0 Å². The lowest BCUT2D eigenvalue weighted by atomic mass is 10.1. The van der Waals surface area contributed by atoms with Crippen molar-refractivity contribution in [2.45, 2.75) is 230 Å². The molecule has 0 radical (unpaired) electrons. The van der Waals surface area contributed by atoms with Crippen molar-refractivity contribution in [3.05, 3.63) is 177 Å². The number of likely N-dealkylation sites (N-methyl/N-ethyl adjacent to an activating group) is 1. The Hall–Kier alpha value is -6.80. The first kappa shape index (κ1) is 128. The lowest BCUT2D eigenvalue weighted by Gasteiger charge is -2.23. The monoisotopic (exact) mass is 2020 g/mol. The van der Waals surface area contributed by atoms with Crippen LogP contribution in [0.2, 0.25) is 25.1 Å². The SMILES string of the molecule is C.C.C.C.CCN(CC)CCCN(CC)CCCCCCNc1ccnc2cc(Cl)ccc12.CCN(CC)CCCN(CC)CCCCCNc1ccnc2cc(Cl)ccc12.CCN(CC)CCCN(CC)CCCCNc1ccnc2cc(Cl)ccc12.CCN(CC)CCCN(CC)CCCNc1ccnc2cc(Cl)ccc12.CCN(CC)CCCN(CC)CCNc1ccnc2cc(Cl)ccc12. The van der Waals surface area contributed by atoms with E-state index in [-0.39, 0.29) is 29.7 Å². The standard InChI is InChI=1S/C24H39ClN4.C23H37ClN4.C22H35ClN4.C21H33ClN4.C20H31ClN4.4CH4/c1-4-28(5-2)18-11-19-29(6-3)17-10-8-7-9-15-26-23-14-16-27-24-20-21(25)12-13-22(23)24;1-4-27(5-2)17-10-18-28(6-3)16-9-7-8-14-25-22-13-15-26-23-19-20(24)11-12-21(22)23;1-4-26(5-2)16-9-17-27(6-3)15-8-7-13-24-21-12-14-25-22-18-19(23)10-11-20(21)22;1-4-25(5-2)15-8-16-26(6-3)14-7-12-23-20-11-13-24-21-17-18(22)9-10-19(20)21;1-4-24(5-2)13-7-14-25(6-3)15-12-23-19-10-11-22-20-16-17(21)8-9-18(19)20;;;;/h12-14,16,20H,4-11,15,17-19H2,1-3H3,(H,26,27);11-13,15,19H,4-10,14,16-18H2,1-3H3,(H,25,26);10-12,14,18H,4-9,13,15-17H2,1-3H3,(H,24,25);9-11,13,17H,4-8,12,14-16H2,1-3H3,(H,23,24);8-11,16H,4-7,12-15H2,1-3H3,(H,22,23);4*1H4. The molecule has 5 heterocycles. The second-order valence-corrected chi connectivity index (χ2v) is 37.0. The summed E-state index contributed by atoms with van der Waals surface area (Å²) < 4.78 is 0. The molecule has 0 atom stereocenters. The molecule has 0 amide bonds. The highest BCUT2D eigenvalue weighted by molar-refractivity contribution is 6.33. The van der Waals surface area contributed by atoms with E-state index in [0.29, 0.717) is 0 Å². The average Bonchev–Trinajstić information content (AvgIpc) is 0.843. The average molecular weight is 2020 g/mol. The number of benzene rings is 5. The van der Waals surface area contributed by atoms with Gasteiger partial charge in [-0.1, -0.05) is 211 Å². The van der Waals surface area contributed by atoms with Crippen LogP contribution in [0.15, 0.2) is 152 Å². The van der Waals surface area contributed by atoms with Crippen molar-refractivity contribution in [3.8, 4) is 0 Å². The summed E-state index contributed by atoms with van der Waals surface area (Å²) in [5.74, 6) is 0. The van der Waals surface area contributed by atoms with Gasteiger partial charge in [0.15, 0.2) is 0 Å². The van der Waals surface area contributed by atoms with E-state index in [0.717, 1.165) is 245 Å². The van der Waals surface area contributed by atoms with Crippen LogP contribution >= 0.6 is 58.0 Å². The minimum atomic E-state index is 0. The molecule has 10 rings (SSSR count). The highest BCUT2D eigenvalue weighted by Gasteiger charge is 2.15. The number of nitrogens with zero attached hydrogens (tertiary/aromatic N) is 15. The zero-order chi connectivity index (χ0) is 97.4. The number of aromatic nitrogens is 5.